The third-order valence-electron chi connectivity index (χ3n) is 4.89. The van der Waals surface area contributed by atoms with Crippen molar-refractivity contribution in [3.63, 3.8) is 0 Å². The van der Waals surface area contributed by atoms with Crippen molar-refractivity contribution in [2.24, 2.45) is 5.92 Å². The van der Waals surface area contributed by atoms with E-state index in [9.17, 15) is 14.4 Å². The molecule has 2 rings (SSSR count). The van der Waals surface area contributed by atoms with Crippen LogP contribution in [0, 0.1) is 5.92 Å². The molecule has 136 valence electrons. The van der Waals surface area contributed by atoms with Crippen LogP contribution in [0.4, 0.5) is 0 Å². The first kappa shape index (κ1) is 18.7. The lowest BCUT2D eigenvalue weighted by Gasteiger charge is -2.31. The van der Waals surface area contributed by atoms with Gasteiger partial charge in [-0.1, -0.05) is 6.92 Å². The van der Waals surface area contributed by atoms with E-state index in [1.165, 1.54) is 0 Å². The van der Waals surface area contributed by atoms with Crippen LogP contribution in [0.5, 0.6) is 0 Å². The molecule has 0 spiro atoms. The van der Waals surface area contributed by atoms with E-state index in [0.717, 1.165) is 25.9 Å². The molecule has 2 aliphatic rings. The van der Waals surface area contributed by atoms with Crippen LogP contribution in [0.3, 0.4) is 0 Å². The summed E-state index contributed by atoms with van der Waals surface area (Å²) >= 11 is 0. The van der Waals surface area contributed by atoms with Crippen molar-refractivity contribution in [1.82, 2.24) is 15.1 Å². The van der Waals surface area contributed by atoms with E-state index in [1.54, 1.807) is 11.8 Å². The number of rotatable bonds is 8. The number of nitrogens with zero attached hydrogens (tertiary/aromatic N) is 2. The predicted molar refractivity (Wildman–Crippen MR) is 89.2 cm³/mol. The number of nitrogens with one attached hydrogen (secondary N) is 1. The molecule has 0 aromatic carbocycles. The fourth-order valence-electron chi connectivity index (χ4n) is 3.57. The lowest BCUT2D eigenvalue weighted by molar-refractivity contribution is -0.145. The Hall–Kier alpha value is -1.63. The third kappa shape index (κ3) is 4.69. The second-order valence-electron chi connectivity index (χ2n) is 6.40. The minimum atomic E-state index is -0.608. The van der Waals surface area contributed by atoms with Gasteiger partial charge < -0.3 is 15.0 Å². The molecule has 2 saturated heterocycles. The highest BCUT2D eigenvalue weighted by molar-refractivity contribution is 6.01. The number of ether oxygens (including phenoxy) is 1. The van der Waals surface area contributed by atoms with Crippen molar-refractivity contribution in [3.05, 3.63) is 0 Å². The summed E-state index contributed by atoms with van der Waals surface area (Å²) in [6.07, 6.45) is 2.89. The molecule has 1 N–H and O–H groups in total. The Kier molecular flexibility index (Phi) is 7.02. The molecule has 2 atom stereocenters. The van der Waals surface area contributed by atoms with Crippen LogP contribution in [0.2, 0.25) is 0 Å². The maximum atomic E-state index is 12.8. The largest absolute Gasteiger partial charge is 0.466 e. The van der Waals surface area contributed by atoms with Gasteiger partial charge in [-0.2, -0.15) is 0 Å². The summed E-state index contributed by atoms with van der Waals surface area (Å²) in [6.45, 7) is 7.66. The van der Waals surface area contributed by atoms with Crippen molar-refractivity contribution >= 4 is 17.8 Å². The Morgan fingerprint density at radius 2 is 2.12 bits per heavy atom. The van der Waals surface area contributed by atoms with E-state index in [-0.39, 0.29) is 24.2 Å². The van der Waals surface area contributed by atoms with Gasteiger partial charge in [0, 0.05) is 25.7 Å². The average Bonchev–Trinajstić information content (AvgIpc) is 3.19. The molecular weight excluding hydrogens is 310 g/mol. The summed E-state index contributed by atoms with van der Waals surface area (Å²) in [4.78, 5) is 40.4. The zero-order valence-corrected chi connectivity index (χ0v) is 14.8. The van der Waals surface area contributed by atoms with Crippen LogP contribution in [-0.4, -0.2) is 73.0 Å². The first-order valence-corrected chi connectivity index (χ1v) is 9.03. The SMILES string of the molecule is CCOC(=O)CCN(CC1CCCN1CC)C(=O)C1CCNC1=O. The fourth-order valence-corrected chi connectivity index (χ4v) is 3.57. The van der Waals surface area contributed by atoms with E-state index in [1.807, 2.05) is 0 Å². The third-order valence-corrected chi connectivity index (χ3v) is 4.89. The molecule has 7 heteroatoms. The molecule has 2 aliphatic heterocycles. The molecule has 0 aromatic heterocycles. The molecule has 24 heavy (non-hydrogen) atoms. The number of hydrogen-bond acceptors (Lipinski definition) is 5. The van der Waals surface area contributed by atoms with Gasteiger partial charge in [-0.15, -0.1) is 0 Å². The van der Waals surface area contributed by atoms with Gasteiger partial charge in [-0.05, 0) is 39.3 Å². The standard InChI is InChI=1S/C17H29N3O4/c1-3-19-10-5-6-13(19)12-20(11-8-15(21)24-4-2)17(23)14-7-9-18-16(14)22/h13-14H,3-12H2,1-2H3,(H,18,22). The molecule has 2 fully saturated rings. The number of carbonyl (C=O) groups excluding carboxylic acids is 3. The highest BCUT2D eigenvalue weighted by Crippen LogP contribution is 2.20. The minimum absolute atomic E-state index is 0.155. The zero-order chi connectivity index (χ0) is 17.5. The Morgan fingerprint density at radius 1 is 1.33 bits per heavy atom. The van der Waals surface area contributed by atoms with Crippen molar-refractivity contribution < 1.29 is 19.1 Å². The van der Waals surface area contributed by atoms with Crippen molar-refractivity contribution in [3.8, 4) is 0 Å². The van der Waals surface area contributed by atoms with Crippen LogP contribution >= 0.6 is 0 Å². The van der Waals surface area contributed by atoms with Gasteiger partial charge in [0.25, 0.3) is 0 Å². The second kappa shape index (κ2) is 9.01. The molecule has 2 amide bonds. The topological polar surface area (TPSA) is 79.0 Å². The molecular formula is C17H29N3O4. The maximum Gasteiger partial charge on any atom is 0.307 e. The van der Waals surface area contributed by atoms with Crippen molar-refractivity contribution in [2.75, 3.05) is 39.3 Å². The van der Waals surface area contributed by atoms with Gasteiger partial charge in [-0.3, -0.25) is 19.3 Å². The van der Waals surface area contributed by atoms with Crippen LogP contribution < -0.4 is 5.32 Å². The number of esters is 1. The lowest BCUT2D eigenvalue weighted by atomic mass is 10.1. The molecule has 0 aromatic rings. The van der Waals surface area contributed by atoms with Crippen LogP contribution in [-0.2, 0) is 19.1 Å². The monoisotopic (exact) mass is 339 g/mol. The Bertz CT molecular complexity index is 469. The second-order valence-corrected chi connectivity index (χ2v) is 6.40. The lowest BCUT2D eigenvalue weighted by Crippen LogP contribution is -2.47. The van der Waals surface area contributed by atoms with Gasteiger partial charge in [0.2, 0.25) is 11.8 Å². The average molecular weight is 339 g/mol. The number of likely N-dealkylation sites (tertiary alicyclic amines) is 1. The number of likely N-dealkylation sites (N-methyl/N-ethyl adjacent to an activating group) is 1. The number of carbonyl (C=O) groups is 3. The first-order chi connectivity index (χ1) is 11.6. The summed E-state index contributed by atoms with van der Waals surface area (Å²) in [5.41, 5.74) is 0. The van der Waals surface area contributed by atoms with Gasteiger partial charge in [0.1, 0.15) is 5.92 Å². The van der Waals surface area contributed by atoms with Gasteiger partial charge in [0.15, 0.2) is 0 Å². The van der Waals surface area contributed by atoms with Gasteiger partial charge >= 0.3 is 5.97 Å². The van der Waals surface area contributed by atoms with Crippen LogP contribution in [0.1, 0.15) is 39.5 Å². The quantitative estimate of drug-likeness (QED) is 0.511. The summed E-state index contributed by atoms with van der Waals surface area (Å²) in [5, 5.41) is 2.72. The Labute approximate surface area is 143 Å². The maximum absolute atomic E-state index is 12.8. The molecule has 0 radical (unpaired) electrons. The van der Waals surface area contributed by atoms with Crippen molar-refractivity contribution in [2.45, 2.75) is 45.6 Å². The normalized spacial score (nSPS) is 24.0. The van der Waals surface area contributed by atoms with E-state index in [2.05, 4.69) is 17.1 Å². The fraction of sp³-hybridized carbons (Fsp3) is 0.824. The van der Waals surface area contributed by atoms with E-state index < -0.39 is 5.92 Å². The summed E-state index contributed by atoms with van der Waals surface area (Å²) < 4.78 is 4.96. The van der Waals surface area contributed by atoms with Crippen molar-refractivity contribution in [1.29, 1.82) is 0 Å². The van der Waals surface area contributed by atoms with Gasteiger partial charge in [0.05, 0.1) is 13.0 Å². The zero-order valence-electron chi connectivity index (χ0n) is 14.8. The molecule has 0 bridgehead atoms. The van der Waals surface area contributed by atoms with Crippen LogP contribution in [0.25, 0.3) is 0 Å². The Morgan fingerprint density at radius 3 is 2.75 bits per heavy atom. The summed E-state index contributed by atoms with van der Waals surface area (Å²) in [5.74, 6) is -1.26. The first-order valence-electron chi connectivity index (χ1n) is 9.03. The highest BCUT2D eigenvalue weighted by Gasteiger charge is 2.36. The predicted octanol–water partition coefficient (Wildman–Crippen LogP) is 0.389. The van der Waals surface area contributed by atoms with E-state index in [0.29, 0.717) is 38.7 Å². The smallest absolute Gasteiger partial charge is 0.307 e. The minimum Gasteiger partial charge on any atom is -0.466 e. The highest BCUT2D eigenvalue weighted by atomic mass is 16.5. The van der Waals surface area contributed by atoms with Crippen LogP contribution in [0.15, 0.2) is 0 Å². The molecule has 2 heterocycles. The summed E-state index contributed by atoms with van der Waals surface area (Å²) in [7, 11) is 0. The van der Waals surface area contributed by atoms with Gasteiger partial charge in [-0.25, -0.2) is 0 Å². The Balaban J connectivity index is 2.01. The van der Waals surface area contributed by atoms with E-state index in [4.69, 9.17) is 4.74 Å². The summed E-state index contributed by atoms with van der Waals surface area (Å²) in [6, 6.07) is 0.311. The van der Waals surface area contributed by atoms with E-state index >= 15 is 0 Å². The molecule has 7 nitrogen and oxygen atoms in total. The number of amides is 2. The molecule has 0 aliphatic carbocycles. The molecule has 0 saturated carbocycles. The number of hydrogen-bond donors (Lipinski definition) is 1. The molecule has 2 unspecified atom stereocenters.